The van der Waals surface area contributed by atoms with Crippen molar-refractivity contribution in [3.63, 3.8) is 0 Å². The van der Waals surface area contributed by atoms with Gasteiger partial charge in [0, 0.05) is 0 Å². The van der Waals surface area contributed by atoms with E-state index >= 15 is 0 Å². The highest BCUT2D eigenvalue weighted by molar-refractivity contribution is 5.96. The summed E-state index contributed by atoms with van der Waals surface area (Å²) in [5, 5.41) is 11.9. The van der Waals surface area contributed by atoms with Crippen molar-refractivity contribution in [2.75, 3.05) is 0 Å². The molecular weight excluding hydrogens is 272 g/mol. The summed E-state index contributed by atoms with van der Waals surface area (Å²) < 4.78 is 4.96. The summed E-state index contributed by atoms with van der Waals surface area (Å²) in [6.45, 7) is 5.31. The third-order valence-electron chi connectivity index (χ3n) is 3.44. The molecule has 2 aromatic rings. The number of hydrogen-bond acceptors (Lipinski definition) is 4. The van der Waals surface area contributed by atoms with Gasteiger partial charge in [0.15, 0.2) is 18.1 Å². The predicted octanol–water partition coefficient (Wildman–Crippen LogP) is 2.16. The van der Waals surface area contributed by atoms with E-state index in [0.717, 1.165) is 17.5 Å². The van der Waals surface area contributed by atoms with Crippen LogP contribution in [-0.2, 0) is 4.79 Å². The topological polar surface area (TPSA) is 92.4 Å². The molecule has 1 heterocycles. The zero-order valence-electron chi connectivity index (χ0n) is 12.0. The lowest BCUT2D eigenvalue weighted by molar-refractivity contribution is -0.139. The number of rotatable bonds is 4. The van der Waals surface area contributed by atoms with Crippen LogP contribution in [0.15, 0.2) is 29.0 Å². The van der Waals surface area contributed by atoms with Gasteiger partial charge in [0.1, 0.15) is 5.76 Å². The van der Waals surface area contributed by atoms with Gasteiger partial charge in [-0.1, -0.05) is 18.2 Å². The Balaban J connectivity index is 2.33. The van der Waals surface area contributed by atoms with E-state index in [1.54, 1.807) is 19.1 Å². The molecule has 6 nitrogen and oxygen atoms in total. The third kappa shape index (κ3) is 2.94. The molecule has 2 rings (SSSR count). The fourth-order valence-corrected chi connectivity index (χ4v) is 2.08. The Bertz CT molecular complexity index is 691. The number of nitrogens with one attached hydrogen (secondary N) is 1. The first-order valence-corrected chi connectivity index (χ1v) is 6.41. The van der Waals surface area contributed by atoms with Crippen molar-refractivity contribution in [1.29, 1.82) is 0 Å². The second-order valence-electron chi connectivity index (χ2n) is 4.79. The minimum Gasteiger partial charge on any atom is -0.479 e. The molecule has 0 spiro atoms. The number of hydrogen-bond donors (Lipinski definition) is 2. The predicted molar refractivity (Wildman–Crippen MR) is 75.0 cm³/mol. The van der Waals surface area contributed by atoms with E-state index in [9.17, 15) is 14.7 Å². The Hall–Kier alpha value is -2.63. The molecule has 1 amide bonds. The lowest BCUT2D eigenvalue weighted by Gasteiger charge is -2.17. The van der Waals surface area contributed by atoms with Gasteiger partial charge in [-0.05, 0) is 37.5 Å². The van der Waals surface area contributed by atoms with Crippen molar-refractivity contribution in [1.82, 2.24) is 10.3 Å². The van der Waals surface area contributed by atoms with Crippen molar-refractivity contribution in [3.8, 4) is 0 Å². The fraction of sp³-hybridized carbons (Fsp3) is 0.267. The summed E-state index contributed by atoms with van der Waals surface area (Å²) in [4.78, 5) is 27.4. The molecule has 6 heteroatoms. The van der Waals surface area contributed by atoms with E-state index in [1.165, 1.54) is 0 Å². The van der Waals surface area contributed by atoms with Gasteiger partial charge in [-0.2, -0.15) is 0 Å². The summed E-state index contributed by atoms with van der Waals surface area (Å²) in [5.41, 5.74) is 2.44. The van der Waals surface area contributed by atoms with Crippen LogP contribution >= 0.6 is 0 Å². The van der Waals surface area contributed by atoms with Gasteiger partial charge < -0.3 is 14.8 Å². The Kier molecular flexibility index (Phi) is 4.07. The first-order valence-electron chi connectivity index (χ1n) is 6.41. The molecule has 1 aromatic heterocycles. The number of oxazole rings is 1. The van der Waals surface area contributed by atoms with Gasteiger partial charge in [-0.15, -0.1) is 0 Å². The van der Waals surface area contributed by atoms with Crippen molar-refractivity contribution in [2.24, 2.45) is 0 Å². The van der Waals surface area contributed by atoms with Crippen molar-refractivity contribution < 1.29 is 19.1 Å². The molecule has 2 N–H and O–H groups in total. The minimum absolute atomic E-state index is 0.0894. The zero-order valence-corrected chi connectivity index (χ0v) is 12.0. The average Bonchev–Trinajstić information content (AvgIpc) is 2.85. The van der Waals surface area contributed by atoms with Crippen LogP contribution in [0.4, 0.5) is 0 Å². The summed E-state index contributed by atoms with van der Waals surface area (Å²) in [6.07, 6.45) is 1.15. The fourth-order valence-electron chi connectivity index (χ4n) is 2.08. The van der Waals surface area contributed by atoms with E-state index < -0.39 is 17.9 Å². The lowest BCUT2D eigenvalue weighted by atomic mass is 9.97. The second-order valence-corrected chi connectivity index (χ2v) is 4.79. The number of nitrogens with zero attached hydrogens (tertiary/aromatic N) is 1. The van der Waals surface area contributed by atoms with Crippen LogP contribution in [0, 0.1) is 20.8 Å². The summed E-state index contributed by atoms with van der Waals surface area (Å²) in [7, 11) is 0. The van der Waals surface area contributed by atoms with Crippen LogP contribution in [-0.4, -0.2) is 22.0 Å². The highest BCUT2D eigenvalue weighted by Crippen LogP contribution is 2.21. The zero-order chi connectivity index (χ0) is 15.6. The average molecular weight is 288 g/mol. The van der Waals surface area contributed by atoms with Crippen LogP contribution in [0.25, 0.3) is 0 Å². The monoisotopic (exact) mass is 288 g/mol. The minimum atomic E-state index is -1.13. The van der Waals surface area contributed by atoms with Crippen LogP contribution < -0.4 is 5.32 Å². The number of aryl methyl sites for hydroxylation is 2. The second kappa shape index (κ2) is 5.78. The van der Waals surface area contributed by atoms with E-state index in [2.05, 4.69) is 10.3 Å². The third-order valence-corrected chi connectivity index (χ3v) is 3.44. The molecule has 1 atom stereocenters. The van der Waals surface area contributed by atoms with Crippen LogP contribution in [0.3, 0.4) is 0 Å². The Morgan fingerprint density at radius 3 is 2.57 bits per heavy atom. The molecule has 21 heavy (non-hydrogen) atoms. The van der Waals surface area contributed by atoms with Crippen LogP contribution in [0.1, 0.15) is 39.0 Å². The van der Waals surface area contributed by atoms with Gasteiger partial charge in [-0.3, -0.25) is 4.79 Å². The molecule has 0 bridgehead atoms. The van der Waals surface area contributed by atoms with Crippen LogP contribution in [0.2, 0.25) is 0 Å². The summed E-state index contributed by atoms with van der Waals surface area (Å²) in [6, 6.07) is 4.22. The van der Waals surface area contributed by atoms with Crippen molar-refractivity contribution in [3.05, 3.63) is 52.7 Å². The Morgan fingerprint density at radius 2 is 2.00 bits per heavy atom. The van der Waals surface area contributed by atoms with Gasteiger partial charge >= 0.3 is 5.97 Å². The first kappa shape index (κ1) is 14.8. The normalized spacial score (nSPS) is 12.0. The number of benzene rings is 1. The number of carboxylic acids is 1. The number of amides is 1. The molecule has 110 valence electrons. The SMILES string of the molecule is Cc1cccc(C(NC(=O)c2ncoc2C)C(=O)O)c1C. The number of carboxylic acid groups (broad SMARTS) is 1. The number of carbonyl (C=O) groups excluding carboxylic acids is 1. The molecule has 0 radical (unpaired) electrons. The maximum atomic E-state index is 12.1. The van der Waals surface area contributed by atoms with E-state index in [-0.39, 0.29) is 5.69 Å². The molecule has 0 saturated heterocycles. The molecule has 0 fully saturated rings. The van der Waals surface area contributed by atoms with Crippen molar-refractivity contribution >= 4 is 11.9 Å². The standard InChI is InChI=1S/C15H16N2O4/c1-8-5-4-6-11(9(8)2)13(15(19)20)17-14(18)12-10(3)21-7-16-12/h4-7,13H,1-3H3,(H,17,18)(H,19,20). The highest BCUT2D eigenvalue weighted by Gasteiger charge is 2.26. The molecule has 1 unspecified atom stereocenters. The lowest BCUT2D eigenvalue weighted by Crippen LogP contribution is -2.34. The molecular formula is C15H16N2O4. The van der Waals surface area contributed by atoms with Gasteiger partial charge in [0.25, 0.3) is 5.91 Å². The van der Waals surface area contributed by atoms with E-state index in [4.69, 9.17) is 4.42 Å². The smallest absolute Gasteiger partial charge is 0.330 e. The molecule has 0 aliphatic rings. The summed E-state index contributed by atoms with van der Waals surface area (Å²) >= 11 is 0. The van der Waals surface area contributed by atoms with Crippen molar-refractivity contribution in [2.45, 2.75) is 26.8 Å². The van der Waals surface area contributed by atoms with Gasteiger partial charge in [0.2, 0.25) is 0 Å². The molecule has 0 saturated carbocycles. The van der Waals surface area contributed by atoms with Gasteiger partial charge in [-0.25, -0.2) is 9.78 Å². The maximum absolute atomic E-state index is 12.1. The Morgan fingerprint density at radius 1 is 1.29 bits per heavy atom. The molecule has 0 aliphatic carbocycles. The largest absolute Gasteiger partial charge is 0.479 e. The van der Waals surface area contributed by atoms with Gasteiger partial charge in [0.05, 0.1) is 0 Å². The maximum Gasteiger partial charge on any atom is 0.330 e. The Labute approximate surface area is 121 Å². The highest BCUT2D eigenvalue weighted by atomic mass is 16.4. The number of carbonyl (C=O) groups is 2. The molecule has 0 aliphatic heterocycles. The van der Waals surface area contributed by atoms with E-state index in [1.807, 2.05) is 19.9 Å². The van der Waals surface area contributed by atoms with E-state index in [0.29, 0.717) is 11.3 Å². The quantitative estimate of drug-likeness (QED) is 0.899. The summed E-state index contributed by atoms with van der Waals surface area (Å²) in [5.74, 6) is -1.36. The number of aliphatic carboxylic acids is 1. The van der Waals surface area contributed by atoms with Crippen LogP contribution in [0.5, 0.6) is 0 Å². The molecule has 1 aromatic carbocycles. The number of aromatic nitrogens is 1. The first-order chi connectivity index (χ1) is 9.91.